The van der Waals surface area contributed by atoms with Crippen LogP contribution in [0.15, 0.2) is 0 Å². The van der Waals surface area contributed by atoms with E-state index in [2.05, 4.69) is 0 Å². The minimum Gasteiger partial charge on any atom is -0.481 e. The highest BCUT2D eigenvalue weighted by Gasteiger charge is 2.53. The molecule has 0 spiro atoms. The average Bonchev–Trinajstić information content (AvgIpc) is 2.82. The van der Waals surface area contributed by atoms with Crippen molar-refractivity contribution in [3.05, 3.63) is 0 Å². The predicted molar refractivity (Wildman–Crippen MR) is 49.4 cm³/mol. The van der Waals surface area contributed by atoms with Gasteiger partial charge in [-0.05, 0) is 31.6 Å². The fraction of sp³-hybridized carbons (Fsp3) is 0.889. The summed E-state index contributed by atoms with van der Waals surface area (Å²) in [6.07, 6.45) is 5.78. The van der Waals surface area contributed by atoms with Crippen LogP contribution in [0.3, 0.4) is 0 Å². The van der Waals surface area contributed by atoms with E-state index in [4.69, 9.17) is 5.11 Å². The van der Waals surface area contributed by atoms with Gasteiger partial charge in [0.15, 0.2) is 0 Å². The lowest BCUT2D eigenvalue weighted by Gasteiger charge is -2.11. The van der Waals surface area contributed by atoms with E-state index in [1.807, 2.05) is 11.8 Å². The van der Waals surface area contributed by atoms with E-state index >= 15 is 0 Å². The number of carboxylic acid groups (broad SMARTS) is 1. The summed E-state index contributed by atoms with van der Waals surface area (Å²) in [6, 6.07) is 0. The van der Waals surface area contributed by atoms with E-state index in [9.17, 15) is 4.79 Å². The number of carboxylic acids is 1. The molecule has 0 aliphatic heterocycles. The van der Waals surface area contributed by atoms with Gasteiger partial charge in [-0.1, -0.05) is 0 Å². The van der Waals surface area contributed by atoms with Gasteiger partial charge in [0.25, 0.3) is 0 Å². The molecule has 3 heteroatoms. The van der Waals surface area contributed by atoms with E-state index in [0.29, 0.717) is 11.2 Å². The highest BCUT2D eigenvalue weighted by molar-refractivity contribution is 8.01. The highest BCUT2D eigenvalue weighted by Crippen LogP contribution is 2.62. The van der Waals surface area contributed by atoms with Crippen LogP contribution in [0.25, 0.3) is 0 Å². The second-order valence-electron chi connectivity index (χ2n) is 3.83. The molecule has 2 fully saturated rings. The summed E-state index contributed by atoms with van der Waals surface area (Å²) in [5, 5.41) is 8.47. The van der Waals surface area contributed by atoms with Gasteiger partial charge < -0.3 is 5.11 Å². The Labute approximate surface area is 76.7 Å². The maximum Gasteiger partial charge on any atom is 0.304 e. The lowest BCUT2D eigenvalue weighted by atomic mass is 10.3. The van der Waals surface area contributed by atoms with Gasteiger partial charge in [-0.3, -0.25) is 4.79 Å². The zero-order valence-electron chi connectivity index (χ0n) is 7.08. The number of hydrogen-bond acceptors (Lipinski definition) is 2. The van der Waals surface area contributed by atoms with E-state index in [1.165, 1.54) is 25.7 Å². The van der Waals surface area contributed by atoms with Crippen molar-refractivity contribution in [2.45, 2.75) is 36.9 Å². The number of rotatable bonds is 5. The van der Waals surface area contributed by atoms with Gasteiger partial charge in [-0.2, -0.15) is 11.8 Å². The van der Waals surface area contributed by atoms with Gasteiger partial charge in [0.1, 0.15) is 0 Å². The second kappa shape index (κ2) is 2.95. The Morgan fingerprint density at radius 3 is 2.58 bits per heavy atom. The van der Waals surface area contributed by atoms with Gasteiger partial charge in [-0.15, -0.1) is 0 Å². The largest absolute Gasteiger partial charge is 0.481 e. The number of aliphatic carboxylic acids is 1. The van der Waals surface area contributed by atoms with E-state index in [-0.39, 0.29) is 0 Å². The molecule has 0 heterocycles. The number of hydrogen-bond donors (Lipinski definition) is 1. The van der Waals surface area contributed by atoms with Crippen molar-refractivity contribution in [3.8, 4) is 0 Å². The first kappa shape index (κ1) is 8.42. The lowest BCUT2D eigenvalue weighted by molar-refractivity contribution is -0.136. The van der Waals surface area contributed by atoms with Crippen LogP contribution in [0.5, 0.6) is 0 Å². The third kappa shape index (κ3) is 1.76. The van der Waals surface area contributed by atoms with Gasteiger partial charge in [0.05, 0.1) is 6.42 Å². The lowest BCUT2D eigenvalue weighted by Crippen LogP contribution is -2.08. The first-order chi connectivity index (χ1) is 5.73. The number of carbonyl (C=O) groups is 1. The first-order valence-corrected chi connectivity index (χ1v) is 5.57. The van der Waals surface area contributed by atoms with Gasteiger partial charge in [0.2, 0.25) is 0 Å². The molecule has 0 aromatic rings. The van der Waals surface area contributed by atoms with Crippen LogP contribution in [0.4, 0.5) is 0 Å². The molecular formula is C9H14O2S. The van der Waals surface area contributed by atoms with E-state index in [1.54, 1.807) is 0 Å². The molecule has 0 aromatic carbocycles. The van der Waals surface area contributed by atoms with Crippen molar-refractivity contribution in [3.63, 3.8) is 0 Å². The number of thioether (sulfide) groups is 1. The quantitative estimate of drug-likeness (QED) is 0.714. The molecule has 0 amide bonds. The minimum atomic E-state index is -0.658. The highest BCUT2D eigenvalue weighted by atomic mass is 32.2. The molecule has 0 unspecified atom stereocenters. The molecule has 0 radical (unpaired) electrons. The topological polar surface area (TPSA) is 37.3 Å². The monoisotopic (exact) mass is 186 g/mol. The predicted octanol–water partition coefficient (Wildman–Crippen LogP) is 2.14. The standard InChI is InChI=1S/C9H14O2S/c10-8(11)3-6-12-9(4-5-9)7-1-2-7/h7H,1-6H2,(H,10,11). The molecule has 2 aliphatic carbocycles. The van der Waals surface area contributed by atoms with Crippen LogP contribution in [0.2, 0.25) is 0 Å². The maximum atomic E-state index is 10.3. The molecule has 2 aliphatic rings. The average molecular weight is 186 g/mol. The summed E-state index contributed by atoms with van der Waals surface area (Å²) in [7, 11) is 0. The molecule has 2 rings (SSSR count). The summed E-state index contributed by atoms with van der Waals surface area (Å²) in [5.74, 6) is 1.09. The maximum absolute atomic E-state index is 10.3. The Morgan fingerprint density at radius 1 is 1.50 bits per heavy atom. The smallest absolute Gasteiger partial charge is 0.304 e. The van der Waals surface area contributed by atoms with Crippen molar-refractivity contribution in [2.24, 2.45) is 5.92 Å². The minimum absolute atomic E-state index is 0.332. The van der Waals surface area contributed by atoms with Crippen molar-refractivity contribution < 1.29 is 9.90 Å². The molecule has 2 nitrogen and oxygen atoms in total. The van der Waals surface area contributed by atoms with E-state index < -0.39 is 5.97 Å². The van der Waals surface area contributed by atoms with Gasteiger partial charge >= 0.3 is 5.97 Å². The Balaban J connectivity index is 1.68. The van der Waals surface area contributed by atoms with Crippen molar-refractivity contribution >= 4 is 17.7 Å². The van der Waals surface area contributed by atoms with Crippen molar-refractivity contribution in [1.82, 2.24) is 0 Å². The van der Waals surface area contributed by atoms with Gasteiger partial charge in [0, 0.05) is 10.5 Å². The molecule has 0 aromatic heterocycles. The summed E-state index contributed by atoms with van der Waals surface area (Å²) in [4.78, 5) is 10.3. The van der Waals surface area contributed by atoms with Crippen LogP contribution < -0.4 is 0 Å². The van der Waals surface area contributed by atoms with Crippen molar-refractivity contribution in [1.29, 1.82) is 0 Å². The fourth-order valence-corrected chi connectivity index (χ4v) is 3.29. The Hall–Kier alpha value is -0.180. The fourth-order valence-electron chi connectivity index (χ4n) is 1.74. The first-order valence-electron chi connectivity index (χ1n) is 4.59. The van der Waals surface area contributed by atoms with Crippen LogP contribution in [0.1, 0.15) is 32.1 Å². The Bertz CT molecular complexity index is 195. The Morgan fingerprint density at radius 2 is 2.17 bits per heavy atom. The molecule has 0 bridgehead atoms. The third-order valence-electron chi connectivity index (χ3n) is 2.77. The van der Waals surface area contributed by atoms with Crippen LogP contribution in [-0.2, 0) is 4.79 Å². The van der Waals surface area contributed by atoms with Crippen molar-refractivity contribution in [2.75, 3.05) is 5.75 Å². The molecule has 2 saturated carbocycles. The van der Waals surface area contributed by atoms with Crippen LogP contribution in [0, 0.1) is 5.92 Å². The SMILES string of the molecule is O=C(O)CCSC1(C2CC2)CC1. The summed E-state index contributed by atoms with van der Waals surface area (Å²) < 4.78 is 0.551. The van der Waals surface area contributed by atoms with Gasteiger partial charge in [-0.25, -0.2) is 0 Å². The molecular weight excluding hydrogens is 172 g/mol. The molecule has 1 N–H and O–H groups in total. The van der Waals surface area contributed by atoms with Crippen LogP contribution >= 0.6 is 11.8 Å². The van der Waals surface area contributed by atoms with Crippen LogP contribution in [-0.4, -0.2) is 21.6 Å². The molecule has 12 heavy (non-hydrogen) atoms. The normalized spacial score (nSPS) is 25.3. The molecule has 0 atom stereocenters. The third-order valence-corrected chi connectivity index (χ3v) is 4.49. The molecule has 68 valence electrons. The summed E-state index contributed by atoms with van der Waals surface area (Å²) in [6.45, 7) is 0. The Kier molecular flexibility index (Phi) is 2.07. The summed E-state index contributed by atoms with van der Waals surface area (Å²) >= 11 is 1.91. The zero-order valence-corrected chi connectivity index (χ0v) is 7.90. The zero-order chi connectivity index (χ0) is 8.60. The summed E-state index contributed by atoms with van der Waals surface area (Å²) in [5.41, 5.74) is 0. The second-order valence-corrected chi connectivity index (χ2v) is 5.34. The molecule has 0 saturated heterocycles. The van der Waals surface area contributed by atoms with E-state index in [0.717, 1.165) is 11.7 Å².